The van der Waals surface area contributed by atoms with Crippen LogP contribution in [0.5, 0.6) is 0 Å². The number of nitrogens with one attached hydrogen (secondary N) is 1. The van der Waals surface area contributed by atoms with Crippen LogP contribution < -0.4 is 5.32 Å². The maximum atomic E-state index is 11.6. The Morgan fingerprint density at radius 2 is 2.33 bits per heavy atom. The van der Waals surface area contributed by atoms with Crippen molar-refractivity contribution in [2.45, 2.75) is 13.0 Å². The lowest BCUT2D eigenvalue weighted by Gasteiger charge is -2.17. The van der Waals surface area contributed by atoms with Crippen molar-refractivity contribution in [3.63, 3.8) is 0 Å². The third-order valence-corrected chi connectivity index (χ3v) is 2.33. The third kappa shape index (κ3) is 2.37. The predicted molar refractivity (Wildman–Crippen MR) is 51.8 cm³/mol. The second kappa shape index (κ2) is 4.16. The van der Waals surface area contributed by atoms with Crippen molar-refractivity contribution in [3.05, 3.63) is 24.2 Å². The van der Waals surface area contributed by atoms with Gasteiger partial charge in [0, 0.05) is 13.0 Å². The molecule has 2 heterocycles. The third-order valence-electron chi connectivity index (χ3n) is 2.33. The molecule has 0 bridgehead atoms. The smallest absolute Gasteiger partial charge is 0.242 e. The van der Waals surface area contributed by atoms with Crippen molar-refractivity contribution in [1.29, 1.82) is 0 Å². The van der Waals surface area contributed by atoms with Crippen molar-refractivity contribution in [3.8, 4) is 0 Å². The van der Waals surface area contributed by atoms with Gasteiger partial charge in [-0.1, -0.05) is 0 Å². The van der Waals surface area contributed by atoms with Crippen molar-refractivity contribution in [2.24, 2.45) is 0 Å². The summed E-state index contributed by atoms with van der Waals surface area (Å²) in [5.41, 5.74) is 0. The molecule has 0 atom stereocenters. The molecule has 0 saturated carbocycles. The summed E-state index contributed by atoms with van der Waals surface area (Å²) < 4.78 is 5.15. The molecule has 0 spiro atoms. The van der Waals surface area contributed by atoms with E-state index in [1.165, 1.54) is 0 Å². The summed E-state index contributed by atoms with van der Waals surface area (Å²) >= 11 is 0. The van der Waals surface area contributed by atoms with Gasteiger partial charge in [-0.2, -0.15) is 0 Å². The second-order valence-electron chi connectivity index (χ2n) is 3.42. The van der Waals surface area contributed by atoms with Crippen LogP contribution in [-0.2, 0) is 16.1 Å². The topological polar surface area (TPSA) is 62.6 Å². The quantitative estimate of drug-likeness (QED) is 0.751. The first kappa shape index (κ1) is 9.76. The van der Waals surface area contributed by atoms with Crippen LogP contribution in [0.3, 0.4) is 0 Å². The van der Waals surface area contributed by atoms with Crippen LogP contribution >= 0.6 is 0 Å². The van der Waals surface area contributed by atoms with Gasteiger partial charge in [-0.25, -0.2) is 0 Å². The Labute approximate surface area is 87.0 Å². The number of amides is 2. The minimum atomic E-state index is -0.0784. The van der Waals surface area contributed by atoms with E-state index in [1.54, 1.807) is 17.2 Å². The fourth-order valence-electron chi connectivity index (χ4n) is 1.49. The van der Waals surface area contributed by atoms with E-state index in [9.17, 15) is 9.59 Å². The minimum Gasteiger partial charge on any atom is -0.467 e. The molecule has 0 aromatic carbocycles. The summed E-state index contributed by atoms with van der Waals surface area (Å²) in [7, 11) is 0. The average molecular weight is 208 g/mol. The number of hydrogen-bond acceptors (Lipinski definition) is 3. The highest BCUT2D eigenvalue weighted by molar-refractivity contribution is 5.87. The number of rotatable bonds is 2. The zero-order valence-corrected chi connectivity index (χ0v) is 8.23. The number of nitrogens with zero attached hydrogens (tertiary/aromatic N) is 1. The van der Waals surface area contributed by atoms with Crippen molar-refractivity contribution in [2.75, 3.05) is 13.1 Å². The number of carbonyl (C=O) groups excluding carboxylic acids is 2. The molecule has 5 heteroatoms. The minimum absolute atomic E-state index is 0.0720. The largest absolute Gasteiger partial charge is 0.467 e. The van der Waals surface area contributed by atoms with E-state index >= 15 is 0 Å². The number of furan rings is 1. The van der Waals surface area contributed by atoms with Gasteiger partial charge in [0.15, 0.2) is 0 Å². The molecule has 2 rings (SSSR count). The number of hydrogen-bond donors (Lipinski definition) is 1. The van der Waals surface area contributed by atoms with Crippen molar-refractivity contribution in [1.82, 2.24) is 10.2 Å². The van der Waals surface area contributed by atoms with Crippen LogP contribution in [0.1, 0.15) is 12.2 Å². The van der Waals surface area contributed by atoms with Crippen LogP contribution in [0.15, 0.2) is 22.8 Å². The van der Waals surface area contributed by atoms with Crippen molar-refractivity contribution < 1.29 is 14.0 Å². The molecule has 2 amide bonds. The van der Waals surface area contributed by atoms with Crippen LogP contribution in [0.2, 0.25) is 0 Å². The summed E-state index contributed by atoms with van der Waals surface area (Å²) in [6.07, 6.45) is 1.92. The molecule has 15 heavy (non-hydrogen) atoms. The molecule has 0 aliphatic carbocycles. The van der Waals surface area contributed by atoms with E-state index in [-0.39, 0.29) is 18.4 Å². The molecule has 1 N–H and O–H groups in total. The second-order valence-corrected chi connectivity index (χ2v) is 3.42. The molecule has 1 aromatic heterocycles. The van der Waals surface area contributed by atoms with Gasteiger partial charge in [-0.15, -0.1) is 0 Å². The van der Waals surface area contributed by atoms with Gasteiger partial charge in [-0.3, -0.25) is 9.59 Å². The lowest BCUT2D eigenvalue weighted by molar-refractivity contribution is -0.130. The highest BCUT2D eigenvalue weighted by Crippen LogP contribution is 2.07. The van der Waals surface area contributed by atoms with E-state index in [1.807, 2.05) is 6.07 Å². The molecule has 80 valence electrons. The molecule has 0 radical (unpaired) electrons. The average Bonchev–Trinajstić information content (AvgIpc) is 2.67. The molecule has 1 saturated heterocycles. The van der Waals surface area contributed by atoms with Gasteiger partial charge in [0.05, 0.1) is 19.4 Å². The summed E-state index contributed by atoms with van der Waals surface area (Å²) in [6, 6.07) is 3.59. The molecule has 5 nitrogen and oxygen atoms in total. The first-order chi connectivity index (χ1) is 7.25. The van der Waals surface area contributed by atoms with E-state index in [0.29, 0.717) is 19.5 Å². The van der Waals surface area contributed by atoms with Crippen LogP contribution in [0.25, 0.3) is 0 Å². The molecular formula is C10H12N2O3. The summed E-state index contributed by atoms with van der Waals surface area (Å²) in [4.78, 5) is 24.2. The van der Waals surface area contributed by atoms with Gasteiger partial charge in [-0.05, 0) is 12.1 Å². The van der Waals surface area contributed by atoms with E-state index < -0.39 is 0 Å². The van der Waals surface area contributed by atoms with E-state index in [4.69, 9.17) is 4.42 Å². The Hall–Kier alpha value is -1.78. The lowest BCUT2D eigenvalue weighted by Crippen LogP contribution is -2.34. The predicted octanol–water partition coefficient (Wildman–Crippen LogP) is 0.128. The van der Waals surface area contributed by atoms with Gasteiger partial charge < -0.3 is 14.6 Å². The van der Waals surface area contributed by atoms with Crippen molar-refractivity contribution >= 4 is 11.8 Å². The molecule has 0 unspecified atom stereocenters. The lowest BCUT2D eigenvalue weighted by atomic mass is 10.3. The molecule has 1 aliphatic heterocycles. The Morgan fingerprint density at radius 3 is 3.07 bits per heavy atom. The van der Waals surface area contributed by atoms with E-state index in [2.05, 4.69) is 5.32 Å². The maximum Gasteiger partial charge on any atom is 0.242 e. The SMILES string of the molecule is O=C1CCN(Cc2ccco2)C(=O)CN1. The summed E-state index contributed by atoms with van der Waals surface area (Å²) in [5, 5.41) is 2.54. The van der Waals surface area contributed by atoms with Gasteiger partial charge >= 0.3 is 0 Å². The van der Waals surface area contributed by atoms with Gasteiger partial charge in [0.1, 0.15) is 5.76 Å². The maximum absolute atomic E-state index is 11.6. The first-order valence-corrected chi connectivity index (χ1v) is 4.82. The highest BCUT2D eigenvalue weighted by Gasteiger charge is 2.20. The van der Waals surface area contributed by atoms with Gasteiger partial charge in [0.25, 0.3) is 0 Å². The summed E-state index contributed by atoms with van der Waals surface area (Å²) in [6.45, 7) is 0.964. The fourth-order valence-corrected chi connectivity index (χ4v) is 1.49. The standard InChI is InChI=1S/C10H12N2O3/c13-9-3-4-12(10(14)6-11-9)7-8-2-1-5-15-8/h1-2,5H,3-4,6-7H2,(H,11,13). The first-order valence-electron chi connectivity index (χ1n) is 4.82. The molecule has 1 aliphatic rings. The monoisotopic (exact) mass is 208 g/mol. The van der Waals surface area contributed by atoms with Crippen LogP contribution in [0.4, 0.5) is 0 Å². The van der Waals surface area contributed by atoms with Crippen LogP contribution in [-0.4, -0.2) is 29.8 Å². The summed E-state index contributed by atoms with van der Waals surface area (Å²) in [5.74, 6) is 0.584. The highest BCUT2D eigenvalue weighted by atomic mass is 16.3. The van der Waals surface area contributed by atoms with Crippen LogP contribution in [0, 0.1) is 0 Å². The Balaban J connectivity index is 2.01. The molecule has 1 fully saturated rings. The number of carbonyl (C=O) groups is 2. The molecule has 1 aromatic rings. The molecular weight excluding hydrogens is 196 g/mol. The fraction of sp³-hybridized carbons (Fsp3) is 0.400. The zero-order valence-electron chi connectivity index (χ0n) is 8.23. The Morgan fingerprint density at radius 1 is 1.47 bits per heavy atom. The zero-order chi connectivity index (χ0) is 10.7. The Kier molecular flexibility index (Phi) is 2.71. The van der Waals surface area contributed by atoms with Gasteiger partial charge in [0.2, 0.25) is 11.8 Å². The normalized spacial score (nSPS) is 17.5. The van der Waals surface area contributed by atoms with E-state index in [0.717, 1.165) is 5.76 Å². The Bertz CT molecular complexity index is 359.